The molecule has 0 fully saturated rings. The molecular formula is CHClNO2S-. The van der Waals surface area contributed by atoms with Crippen LogP contribution in [0.2, 0.25) is 0 Å². The first-order chi connectivity index (χ1) is 2.77. The summed E-state index contributed by atoms with van der Waals surface area (Å²) in [6, 6.07) is 0. The van der Waals surface area contributed by atoms with Gasteiger partial charge in [-0.05, 0) is 6.40 Å². The van der Waals surface area contributed by atoms with Gasteiger partial charge in [0.05, 0.1) is 0 Å². The van der Waals surface area contributed by atoms with Gasteiger partial charge < -0.3 is 5.11 Å². The number of nitrogens with zero attached hydrogens (tertiary/aromatic N) is 1. The maximum Gasteiger partial charge on any atom is 0.236 e. The van der Waals surface area contributed by atoms with E-state index in [2.05, 4.69) is 15.1 Å². The van der Waals surface area contributed by atoms with E-state index in [1.54, 1.807) is 0 Å². The minimum absolute atomic E-state index is 0.142. The van der Waals surface area contributed by atoms with Gasteiger partial charge in [-0.15, -0.1) is 0 Å². The predicted octanol–water partition coefficient (Wildman–Crippen LogP) is -0.807. The van der Waals surface area contributed by atoms with Crippen molar-refractivity contribution in [2.75, 3.05) is 0 Å². The van der Waals surface area contributed by atoms with Gasteiger partial charge in [0.2, 0.25) is 10.2 Å². The number of hydrogen-bond donors (Lipinski definition) is 0. The lowest BCUT2D eigenvalue weighted by Gasteiger charge is -1.79. The average Bonchev–Trinajstić information content (AvgIpc) is 1.35. The van der Waals surface area contributed by atoms with Gasteiger partial charge in [-0.25, -0.2) is 4.21 Å². The van der Waals surface area contributed by atoms with E-state index in [0.717, 1.165) is 0 Å². The molecule has 3 nitrogen and oxygen atoms in total. The van der Waals surface area contributed by atoms with E-state index in [4.69, 9.17) is 0 Å². The highest BCUT2D eigenvalue weighted by molar-refractivity contribution is 8.07. The van der Waals surface area contributed by atoms with E-state index in [-0.39, 0.29) is 6.40 Å². The summed E-state index contributed by atoms with van der Waals surface area (Å²) in [4.78, 5) is 0. The monoisotopic (exact) mass is 126 g/mol. The zero-order valence-corrected chi connectivity index (χ0v) is 4.20. The van der Waals surface area contributed by atoms with Crippen molar-refractivity contribution in [3.8, 4) is 0 Å². The largest absolute Gasteiger partial charge is 0.864 e. The summed E-state index contributed by atoms with van der Waals surface area (Å²) >= 11 is 0. The fourth-order valence-corrected chi connectivity index (χ4v) is 0.199. The molecule has 0 bridgehead atoms. The molecule has 0 aromatic heterocycles. The van der Waals surface area contributed by atoms with E-state index in [9.17, 15) is 9.32 Å². The third kappa shape index (κ3) is 3.91. The summed E-state index contributed by atoms with van der Waals surface area (Å²) in [5.41, 5.74) is 0. The molecule has 0 spiro atoms. The molecule has 5 heteroatoms. The van der Waals surface area contributed by atoms with Crippen molar-refractivity contribution in [2.45, 2.75) is 0 Å². The molecule has 0 aromatic carbocycles. The summed E-state index contributed by atoms with van der Waals surface area (Å²) in [7, 11) is 2.82. The fraction of sp³-hybridized carbons (Fsp3) is 0. The lowest BCUT2D eigenvalue weighted by atomic mass is 11.6. The van der Waals surface area contributed by atoms with Crippen molar-refractivity contribution < 1.29 is 9.32 Å². The number of hydrogen-bond acceptors (Lipinski definition) is 2. The van der Waals surface area contributed by atoms with Gasteiger partial charge in [0.15, 0.2) is 0 Å². The second-order valence-electron chi connectivity index (χ2n) is 0.417. The van der Waals surface area contributed by atoms with Crippen LogP contribution in [0.15, 0.2) is 4.40 Å². The first-order valence-corrected chi connectivity index (χ1v) is 2.93. The van der Waals surface area contributed by atoms with Crippen LogP contribution in [0.5, 0.6) is 0 Å². The molecule has 0 N–H and O–H groups in total. The van der Waals surface area contributed by atoms with Crippen LogP contribution in [-0.2, 0) is 10.2 Å². The van der Waals surface area contributed by atoms with Crippen molar-refractivity contribution in [2.24, 2.45) is 4.40 Å². The van der Waals surface area contributed by atoms with E-state index in [1.807, 2.05) is 0 Å². The Balaban J connectivity index is 3.30. The Morgan fingerprint density at radius 3 is 2.50 bits per heavy atom. The lowest BCUT2D eigenvalue weighted by molar-refractivity contribution is -0.200. The van der Waals surface area contributed by atoms with Crippen LogP contribution in [0.1, 0.15) is 0 Å². The van der Waals surface area contributed by atoms with Gasteiger partial charge in [-0.1, -0.05) is 0 Å². The molecule has 36 valence electrons. The van der Waals surface area contributed by atoms with Crippen LogP contribution >= 0.6 is 10.7 Å². The average molecular weight is 127 g/mol. The molecular weight excluding hydrogens is 126 g/mol. The topological polar surface area (TPSA) is 52.5 Å². The van der Waals surface area contributed by atoms with Gasteiger partial charge in [0.25, 0.3) is 0 Å². The second kappa shape index (κ2) is 3.11. The molecule has 0 aliphatic rings. The molecule has 0 saturated carbocycles. The minimum atomic E-state index is -1.84. The second-order valence-corrected chi connectivity index (χ2v) is 1.83. The molecule has 0 rings (SSSR count). The van der Waals surface area contributed by atoms with E-state index < -0.39 is 10.2 Å². The zero-order chi connectivity index (χ0) is 4.99. The SMILES string of the molecule is O=S(Cl)/N=C/[O-]. The third-order valence-electron chi connectivity index (χ3n) is 0.126. The van der Waals surface area contributed by atoms with Gasteiger partial charge >= 0.3 is 0 Å². The minimum Gasteiger partial charge on any atom is -0.864 e. The first-order valence-electron chi connectivity index (χ1n) is 0.997. The number of rotatable bonds is 1. The van der Waals surface area contributed by atoms with Crippen LogP contribution in [0, 0.1) is 0 Å². The Morgan fingerprint density at radius 1 is 2.00 bits per heavy atom. The van der Waals surface area contributed by atoms with E-state index in [0.29, 0.717) is 0 Å². The van der Waals surface area contributed by atoms with Crippen molar-refractivity contribution >= 4 is 27.3 Å². The Bertz CT molecular complexity index is 81.6. The predicted molar refractivity (Wildman–Crippen MR) is 22.5 cm³/mol. The molecule has 0 saturated heterocycles. The van der Waals surface area contributed by atoms with Gasteiger partial charge in [-0.2, -0.15) is 4.40 Å². The Hall–Kier alpha value is -0.0900. The molecule has 1 unspecified atom stereocenters. The molecule has 0 aromatic rings. The van der Waals surface area contributed by atoms with Crippen molar-refractivity contribution in [3.63, 3.8) is 0 Å². The third-order valence-corrected chi connectivity index (χ3v) is 0.617. The first kappa shape index (κ1) is 5.91. The normalized spacial score (nSPS) is 15.5. The quantitative estimate of drug-likeness (QED) is 0.262. The molecule has 0 aliphatic carbocycles. The van der Waals surface area contributed by atoms with Crippen LogP contribution in [0.3, 0.4) is 0 Å². The van der Waals surface area contributed by atoms with Crippen molar-refractivity contribution in [3.05, 3.63) is 0 Å². The smallest absolute Gasteiger partial charge is 0.236 e. The van der Waals surface area contributed by atoms with E-state index >= 15 is 0 Å². The maximum absolute atomic E-state index is 9.52. The van der Waals surface area contributed by atoms with Gasteiger partial charge in [0.1, 0.15) is 0 Å². The highest BCUT2D eigenvalue weighted by Gasteiger charge is 1.72. The highest BCUT2D eigenvalue weighted by atomic mass is 35.7. The molecule has 0 radical (unpaired) electrons. The summed E-state index contributed by atoms with van der Waals surface area (Å²) < 4.78 is 12.2. The number of halogens is 1. The highest BCUT2D eigenvalue weighted by Crippen LogP contribution is 1.83. The molecule has 0 heterocycles. The van der Waals surface area contributed by atoms with Crippen LogP contribution in [-0.4, -0.2) is 10.6 Å². The lowest BCUT2D eigenvalue weighted by Crippen LogP contribution is -1.95. The van der Waals surface area contributed by atoms with Gasteiger partial charge in [-0.3, -0.25) is 0 Å². The summed E-state index contributed by atoms with van der Waals surface area (Å²) in [6.45, 7) is 0. The summed E-state index contributed by atoms with van der Waals surface area (Å²) in [5.74, 6) is 0. The van der Waals surface area contributed by atoms with Crippen molar-refractivity contribution in [1.82, 2.24) is 0 Å². The Morgan fingerprint density at radius 2 is 2.50 bits per heavy atom. The standard InChI is InChI=1S/CH2ClNO2S/c2-6(5)3-1-4/h1H,(H,3,4)/p-1. The Labute approximate surface area is 41.7 Å². The summed E-state index contributed by atoms with van der Waals surface area (Å²) in [6.07, 6.45) is 0.142. The van der Waals surface area contributed by atoms with Gasteiger partial charge in [0, 0.05) is 10.7 Å². The fourth-order valence-electron chi connectivity index (χ4n) is 0.0338. The van der Waals surface area contributed by atoms with E-state index in [1.165, 1.54) is 0 Å². The maximum atomic E-state index is 9.52. The Kier molecular flexibility index (Phi) is 3.07. The molecule has 0 amide bonds. The molecule has 6 heavy (non-hydrogen) atoms. The zero-order valence-electron chi connectivity index (χ0n) is 2.63. The molecule has 0 aliphatic heterocycles. The summed E-state index contributed by atoms with van der Waals surface area (Å²) in [5, 5.41) is 9.17. The molecule has 1 atom stereocenters. The van der Waals surface area contributed by atoms with Crippen LogP contribution < -0.4 is 5.11 Å². The van der Waals surface area contributed by atoms with Crippen LogP contribution in [0.25, 0.3) is 0 Å². The van der Waals surface area contributed by atoms with Crippen molar-refractivity contribution in [1.29, 1.82) is 0 Å². The van der Waals surface area contributed by atoms with Crippen LogP contribution in [0.4, 0.5) is 0 Å².